The first-order valence-corrected chi connectivity index (χ1v) is 13.4. The summed E-state index contributed by atoms with van der Waals surface area (Å²) >= 11 is -0.404. The van der Waals surface area contributed by atoms with Crippen LogP contribution in [0.2, 0.25) is 0 Å². The Hall–Kier alpha value is -0.180. The molecule has 156 valence electrons. The molecule has 0 aromatic rings. The van der Waals surface area contributed by atoms with E-state index in [-0.39, 0.29) is 5.97 Å². The molecule has 0 amide bonds. The van der Waals surface area contributed by atoms with E-state index in [1.807, 2.05) is 0 Å². The summed E-state index contributed by atoms with van der Waals surface area (Å²) in [5.41, 5.74) is 0. The predicted octanol–water partition coefficient (Wildman–Crippen LogP) is 7.89. The lowest BCUT2D eigenvalue weighted by Crippen LogP contribution is -2.10. The largest absolute Gasteiger partial charge is 0.418 e. The van der Waals surface area contributed by atoms with Gasteiger partial charge in [-0.05, 0) is 19.3 Å². The van der Waals surface area contributed by atoms with Gasteiger partial charge in [0.15, 0.2) is 0 Å². The maximum absolute atomic E-state index is 11.8. The molecule has 1 aliphatic heterocycles. The summed E-state index contributed by atoms with van der Waals surface area (Å²) < 4.78 is 5.64. The monoisotopic (exact) mass is 386 g/mol. The normalized spacial score (nSPS) is 16.0. The summed E-state index contributed by atoms with van der Waals surface area (Å²) in [7, 11) is 0. The van der Waals surface area contributed by atoms with Crippen molar-refractivity contribution in [3.05, 3.63) is 0 Å². The van der Waals surface area contributed by atoms with E-state index in [0.29, 0.717) is 6.42 Å². The molecule has 0 aromatic heterocycles. The molecule has 26 heavy (non-hydrogen) atoms. The lowest BCUT2D eigenvalue weighted by molar-refractivity contribution is -0.133. The quantitative estimate of drug-likeness (QED) is 0.203. The van der Waals surface area contributed by atoms with Crippen molar-refractivity contribution in [2.75, 3.05) is 11.5 Å². The van der Waals surface area contributed by atoms with Crippen LogP contribution < -0.4 is 0 Å². The number of unbranched alkanes of at least 4 members (excludes halogenated alkanes) is 14. The minimum absolute atomic E-state index is 0.0766. The fourth-order valence-electron chi connectivity index (χ4n) is 3.79. The van der Waals surface area contributed by atoms with Crippen LogP contribution in [-0.4, -0.2) is 17.5 Å². The van der Waals surface area contributed by atoms with Gasteiger partial charge in [0.2, 0.25) is 0 Å². The molecular weight excluding hydrogens is 340 g/mol. The maximum atomic E-state index is 11.8. The highest BCUT2D eigenvalue weighted by Gasteiger charge is 2.13. The Morgan fingerprint density at radius 3 is 1.54 bits per heavy atom. The first-order chi connectivity index (χ1) is 12.8. The Kier molecular flexibility index (Phi) is 16.7. The fourth-order valence-corrected chi connectivity index (χ4v) is 5.72. The summed E-state index contributed by atoms with van der Waals surface area (Å²) in [5.74, 6) is 2.38. The van der Waals surface area contributed by atoms with Crippen molar-refractivity contribution in [2.24, 2.45) is 0 Å². The summed E-state index contributed by atoms with van der Waals surface area (Å²) in [6.07, 6.45) is 25.0. The molecule has 0 atom stereocenters. The third-order valence-corrected chi connectivity index (χ3v) is 7.62. The van der Waals surface area contributed by atoms with Gasteiger partial charge in [-0.2, -0.15) is 0 Å². The van der Waals surface area contributed by atoms with Crippen LogP contribution in [-0.2, 0) is 8.98 Å². The number of hydrogen-bond acceptors (Lipinski definition) is 2. The minimum Gasteiger partial charge on any atom is -0.418 e. The van der Waals surface area contributed by atoms with Crippen molar-refractivity contribution in [2.45, 2.75) is 129 Å². The van der Waals surface area contributed by atoms with Crippen LogP contribution in [0.3, 0.4) is 0 Å². The number of hydrogen-bond donors (Lipinski definition) is 1. The van der Waals surface area contributed by atoms with Gasteiger partial charge in [-0.15, -0.1) is 11.2 Å². The number of carbonyl (C=O) groups is 1. The average Bonchev–Trinajstić information content (AvgIpc) is 2.65. The molecule has 1 rings (SSSR count). The third kappa shape index (κ3) is 14.9. The zero-order valence-corrected chi connectivity index (χ0v) is 18.5. The molecule has 0 aromatic carbocycles. The summed E-state index contributed by atoms with van der Waals surface area (Å²) in [4.78, 5) is 11.8. The standard InChI is InChI=1S/C23H46O2S/c1-2-3-4-5-6-7-8-9-10-11-12-13-14-15-17-20-23(24)25-26-21-18-16-19-22-26/h26H,2-22H2,1H3. The number of carbonyl (C=O) groups excluding carboxylic acids is 1. The number of rotatable bonds is 17. The Morgan fingerprint density at radius 2 is 1.08 bits per heavy atom. The van der Waals surface area contributed by atoms with Gasteiger partial charge >= 0.3 is 5.97 Å². The highest BCUT2D eigenvalue weighted by Crippen LogP contribution is 2.34. The first-order valence-electron chi connectivity index (χ1n) is 11.8. The van der Waals surface area contributed by atoms with E-state index in [9.17, 15) is 4.79 Å². The molecule has 0 saturated carbocycles. The summed E-state index contributed by atoms with van der Waals surface area (Å²) in [5, 5.41) is 0. The molecule has 3 heteroatoms. The van der Waals surface area contributed by atoms with E-state index < -0.39 is 11.2 Å². The topological polar surface area (TPSA) is 26.3 Å². The molecule has 1 fully saturated rings. The molecule has 0 radical (unpaired) electrons. The molecule has 2 nitrogen and oxygen atoms in total. The van der Waals surface area contributed by atoms with Gasteiger partial charge < -0.3 is 4.18 Å². The molecule has 1 aliphatic rings. The van der Waals surface area contributed by atoms with Gasteiger partial charge in [-0.1, -0.05) is 103 Å². The van der Waals surface area contributed by atoms with Crippen molar-refractivity contribution in [1.29, 1.82) is 0 Å². The SMILES string of the molecule is CCCCCCCCCCCCCCCCCC(=O)O[SH]1CCCCC1. The maximum Gasteiger partial charge on any atom is 0.315 e. The summed E-state index contributed by atoms with van der Waals surface area (Å²) in [6.45, 7) is 2.28. The molecule has 0 aliphatic carbocycles. The van der Waals surface area contributed by atoms with Crippen LogP contribution in [0.15, 0.2) is 0 Å². The Morgan fingerprint density at radius 1 is 0.654 bits per heavy atom. The van der Waals surface area contributed by atoms with Crippen LogP contribution in [0, 0.1) is 0 Å². The predicted molar refractivity (Wildman–Crippen MR) is 118 cm³/mol. The second-order valence-electron chi connectivity index (χ2n) is 8.15. The van der Waals surface area contributed by atoms with E-state index in [4.69, 9.17) is 4.18 Å². The zero-order chi connectivity index (χ0) is 18.7. The van der Waals surface area contributed by atoms with Crippen molar-refractivity contribution < 1.29 is 8.98 Å². The molecular formula is C23H46O2S. The molecule has 0 bridgehead atoms. The van der Waals surface area contributed by atoms with Gasteiger partial charge in [-0.25, -0.2) is 0 Å². The van der Waals surface area contributed by atoms with Crippen molar-refractivity contribution in [3.63, 3.8) is 0 Å². The Labute approximate surface area is 166 Å². The van der Waals surface area contributed by atoms with Crippen molar-refractivity contribution in [3.8, 4) is 0 Å². The second kappa shape index (κ2) is 18.2. The third-order valence-electron chi connectivity index (χ3n) is 5.53. The van der Waals surface area contributed by atoms with E-state index in [1.165, 1.54) is 109 Å². The highest BCUT2D eigenvalue weighted by atomic mass is 32.2. The van der Waals surface area contributed by atoms with Crippen LogP contribution in [0.1, 0.15) is 129 Å². The first kappa shape index (κ1) is 23.9. The van der Waals surface area contributed by atoms with E-state index >= 15 is 0 Å². The zero-order valence-electron chi connectivity index (χ0n) is 17.6. The minimum atomic E-state index is -0.404. The van der Waals surface area contributed by atoms with Gasteiger partial charge in [0, 0.05) is 17.9 Å². The lowest BCUT2D eigenvalue weighted by Gasteiger charge is -2.25. The highest BCUT2D eigenvalue weighted by molar-refractivity contribution is 8.13. The smallest absolute Gasteiger partial charge is 0.315 e. The van der Waals surface area contributed by atoms with Crippen LogP contribution in [0.5, 0.6) is 0 Å². The van der Waals surface area contributed by atoms with E-state index in [0.717, 1.165) is 17.9 Å². The second-order valence-corrected chi connectivity index (χ2v) is 10.2. The van der Waals surface area contributed by atoms with Gasteiger partial charge in [0.05, 0.1) is 0 Å². The molecule has 0 spiro atoms. The molecule has 1 saturated heterocycles. The van der Waals surface area contributed by atoms with E-state index in [2.05, 4.69) is 6.92 Å². The van der Waals surface area contributed by atoms with Crippen molar-refractivity contribution >= 4 is 17.1 Å². The number of thiol groups is 1. The molecule has 0 unspecified atom stereocenters. The van der Waals surface area contributed by atoms with Gasteiger partial charge in [-0.3, -0.25) is 4.79 Å². The molecule has 0 N–H and O–H groups in total. The van der Waals surface area contributed by atoms with Crippen LogP contribution >= 0.6 is 11.2 Å². The van der Waals surface area contributed by atoms with Crippen LogP contribution in [0.4, 0.5) is 0 Å². The van der Waals surface area contributed by atoms with Crippen LogP contribution in [0.25, 0.3) is 0 Å². The van der Waals surface area contributed by atoms with Gasteiger partial charge in [0.25, 0.3) is 0 Å². The lowest BCUT2D eigenvalue weighted by atomic mass is 10.0. The Bertz CT molecular complexity index is 313. The molecule has 1 heterocycles. The van der Waals surface area contributed by atoms with Crippen molar-refractivity contribution in [1.82, 2.24) is 0 Å². The fraction of sp³-hybridized carbons (Fsp3) is 0.957. The Balaban J connectivity index is 1.73. The van der Waals surface area contributed by atoms with Gasteiger partial charge in [0.1, 0.15) is 0 Å². The summed E-state index contributed by atoms with van der Waals surface area (Å²) in [6, 6.07) is 0. The van der Waals surface area contributed by atoms with E-state index in [1.54, 1.807) is 0 Å². The average molecular weight is 387 g/mol.